The van der Waals surface area contributed by atoms with Crippen molar-refractivity contribution in [3.8, 4) is 0 Å². The number of hydrogen-bond acceptors (Lipinski definition) is 3. The molecule has 17 heavy (non-hydrogen) atoms. The minimum absolute atomic E-state index is 0.121. The van der Waals surface area contributed by atoms with Crippen LogP contribution >= 0.6 is 0 Å². The highest BCUT2D eigenvalue weighted by atomic mass is 16.4. The van der Waals surface area contributed by atoms with Gasteiger partial charge in [0.2, 0.25) is 0 Å². The van der Waals surface area contributed by atoms with Gasteiger partial charge >= 0.3 is 5.97 Å². The van der Waals surface area contributed by atoms with Crippen molar-refractivity contribution < 1.29 is 14.7 Å². The largest absolute Gasteiger partial charge is 0.480 e. The minimum atomic E-state index is -0.874. The van der Waals surface area contributed by atoms with Crippen LogP contribution in [0.15, 0.2) is 30.3 Å². The summed E-state index contributed by atoms with van der Waals surface area (Å²) in [6.45, 7) is 0.496. The molecule has 0 aliphatic carbocycles. The Balaban J connectivity index is 1.91. The molecule has 1 aliphatic rings. The summed E-state index contributed by atoms with van der Waals surface area (Å²) in [6, 6.07) is 8.21. The standard InChI is InChI=1S/C12H14N2O3/c15-11(8-4-2-1-3-5-8)14-9-6-10(12(16)17)13-7-9/h1-5,9-10,13H,6-7H2,(H,14,15)(H,16,17)/t9-,10+/m1/s1. The van der Waals surface area contributed by atoms with E-state index in [1.807, 2.05) is 6.07 Å². The smallest absolute Gasteiger partial charge is 0.320 e. The Morgan fingerprint density at radius 3 is 2.59 bits per heavy atom. The Hall–Kier alpha value is -1.88. The molecule has 0 saturated carbocycles. The second kappa shape index (κ2) is 4.97. The molecule has 1 aromatic carbocycles. The van der Waals surface area contributed by atoms with Gasteiger partial charge in [-0.3, -0.25) is 9.59 Å². The van der Waals surface area contributed by atoms with Crippen molar-refractivity contribution in [2.75, 3.05) is 6.54 Å². The average molecular weight is 234 g/mol. The van der Waals surface area contributed by atoms with Gasteiger partial charge in [-0.15, -0.1) is 0 Å². The lowest BCUT2D eigenvalue weighted by Gasteiger charge is -2.11. The van der Waals surface area contributed by atoms with Crippen molar-refractivity contribution in [2.24, 2.45) is 0 Å². The summed E-state index contributed by atoms with van der Waals surface area (Å²) >= 11 is 0. The Kier molecular flexibility index (Phi) is 3.39. The molecule has 2 atom stereocenters. The molecule has 1 saturated heterocycles. The fourth-order valence-corrected chi connectivity index (χ4v) is 1.89. The van der Waals surface area contributed by atoms with E-state index >= 15 is 0 Å². The van der Waals surface area contributed by atoms with Gasteiger partial charge in [-0.05, 0) is 18.6 Å². The third-order valence-electron chi connectivity index (χ3n) is 2.80. The van der Waals surface area contributed by atoms with Crippen molar-refractivity contribution in [1.82, 2.24) is 10.6 Å². The molecule has 1 aliphatic heterocycles. The molecule has 5 nitrogen and oxygen atoms in total. The lowest BCUT2D eigenvalue weighted by Crippen LogP contribution is -2.36. The number of nitrogens with one attached hydrogen (secondary N) is 2. The molecule has 3 N–H and O–H groups in total. The van der Waals surface area contributed by atoms with E-state index in [1.165, 1.54) is 0 Å². The molecule has 0 spiro atoms. The molecule has 0 unspecified atom stereocenters. The number of amides is 1. The van der Waals surface area contributed by atoms with Crippen LogP contribution < -0.4 is 10.6 Å². The van der Waals surface area contributed by atoms with E-state index in [0.29, 0.717) is 18.5 Å². The number of carbonyl (C=O) groups is 2. The molecule has 0 aromatic heterocycles. The van der Waals surface area contributed by atoms with Crippen molar-refractivity contribution in [2.45, 2.75) is 18.5 Å². The predicted molar refractivity (Wildman–Crippen MR) is 61.7 cm³/mol. The van der Waals surface area contributed by atoms with E-state index in [0.717, 1.165) is 0 Å². The van der Waals surface area contributed by atoms with Gasteiger partial charge < -0.3 is 15.7 Å². The van der Waals surface area contributed by atoms with Gasteiger partial charge in [0.15, 0.2) is 0 Å². The first-order chi connectivity index (χ1) is 8.16. The summed E-state index contributed by atoms with van der Waals surface area (Å²) in [5.74, 6) is -1.04. The number of hydrogen-bond donors (Lipinski definition) is 3. The Morgan fingerprint density at radius 2 is 2.00 bits per heavy atom. The molecular weight excluding hydrogens is 220 g/mol. The molecule has 90 valence electrons. The molecule has 5 heteroatoms. The zero-order valence-electron chi connectivity index (χ0n) is 9.22. The van der Waals surface area contributed by atoms with Gasteiger partial charge in [0.05, 0.1) is 0 Å². The van der Waals surface area contributed by atoms with Crippen LogP contribution in [-0.4, -0.2) is 35.6 Å². The highest BCUT2D eigenvalue weighted by molar-refractivity contribution is 5.94. The molecule has 1 amide bonds. The summed E-state index contributed by atoms with van der Waals surface area (Å²) in [5.41, 5.74) is 0.589. The van der Waals surface area contributed by atoms with E-state index in [9.17, 15) is 9.59 Å². The van der Waals surface area contributed by atoms with Crippen LogP contribution in [0.5, 0.6) is 0 Å². The Labute approximate surface area is 98.8 Å². The maximum Gasteiger partial charge on any atom is 0.320 e. The summed E-state index contributed by atoms with van der Waals surface area (Å²) in [6.07, 6.45) is 0.425. The number of aliphatic carboxylic acids is 1. The topological polar surface area (TPSA) is 78.4 Å². The van der Waals surface area contributed by atoms with Crippen LogP contribution in [0.3, 0.4) is 0 Å². The molecule has 0 bridgehead atoms. The number of carboxylic acids is 1. The van der Waals surface area contributed by atoms with Crippen molar-refractivity contribution >= 4 is 11.9 Å². The van der Waals surface area contributed by atoms with Crippen molar-refractivity contribution in [3.05, 3.63) is 35.9 Å². The highest BCUT2D eigenvalue weighted by Gasteiger charge is 2.29. The third kappa shape index (κ3) is 2.82. The first-order valence-electron chi connectivity index (χ1n) is 5.49. The summed E-state index contributed by atoms with van der Waals surface area (Å²) < 4.78 is 0. The highest BCUT2D eigenvalue weighted by Crippen LogP contribution is 2.08. The zero-order chi connectivity index (χ0) is 12.3. The SMILES string of the molecule is O=C(N[C@H]1CN[C@H](C(=O)O)C1)c1ccccc1. The average Bonchev–Trinajstić information content (AvgIpc) is 2.79. The summed E-state index contributed by atoms with van der Waals surface area (Å²) in [7, 11) is 0. The first-order valence-corrected chi connectivity index (χ1v) is 5.49. The number of benzene rings is 1. The zero-order valence-corrected chi connectivity index (χ0v) is 9.22. The lowest BCUT2D eigenvalue weighted by molar-refractivity contribution is -0.139. The lowest BCUT2D eigenvalue weighted by atomic mass is 10.1. The number of carbonyl (C=O) groups excluding carboxylic acids is 1. The molecule has 1 fully saturated rings. The van der Waals surface area contributed by atoms with Crippen LogP contribution in [0.1, 0.15) is 16.8 Å². The first kappa shape index (κ1) is 11.6. The number of carboxylic acid groups (broad SMARTS) is 1. The van der Waals surface area contributed by atoms with Crippen LogP contribution in [-0.2, 0) is 4.79 Å². The van der Waals surface area contributed by atoms with Crippen molar-refractivity contribution in [1.29, 1.82) is 0 Å². The van der Waals surface area contributed by atoms with Crippen LogP contribution in [0, 0.1) is 0 Å². The monoisotopic (exact) mass is 234 g/mol. The van der Waals surface area contributed by atoms with E-state index < -0.39 is 12.0 Å². The quantitative estimate of drug-likeness (QED) is 0.699. The summed E-state index contributed by atoms with van der Waals surface area (Å²) in [5, 5.41) is 14.5. The summed E-state index contributed by atoms with van der Waals surface area (Å²) in [4.78, 5) is 22.5. The van der Waals surface area contributed by atoms with E-state index in [4.69, 9.17) is 5.11 Å². The van der Waals surface area contributed by atoms with Gasteiger partial charge in [0.25, 0.3) is 5.91 Å². The van der Waals surface area contributed by atoms with Gasteiger partial charge in [-0.1, -0.05) is 18.2 Å². The van der Waals surface area contributed by atoms with E-state index in [1.54, 1.807) is 24.3 Å². The Bertz CT molecular complexity index is 419. The van der Waals surface area contributed by atoms with E-state index in [-0.39, 0.29) is 11.9 Å². The number of rotatable bonds is 3. The van der Waals surface area contributed by atoms with Gasteiger partial charge in [-0.2, -0.15) is 0 Å². The van der Waals surface area contributed by atoms with Gasteiger partial charge in [0, 0.05) is 18.2 Å². The van der Waals surface area contributed by atoms with E-state index in [2.05, 4.69) is 10.6 Å². The third-order valence-corrected chi connectivity index (χ3v) is 2.80. The minimum Gasteiger partial charge on any atom is -0.480 e. The van der Waals surface area contributed by atoms with Crippen LogP contribution in [0.2, 0.25) is 0 Å². The fourth-order valence-electron chi connectivity index (χ4n) is 1.89. The second-order valence-electron chi connectivity index (χ2n) is 4.07. The molecule has 1 aromatic rings. The van der Waals surface area contributed by atoms with Gasteiger partial charge in [-0.25, -0.2) is 0 Å². The maximum absolute atomic E-state index is 11.8. The molecular formula is C12H14N2O3. The fraction of sp³-hybridized carbons (Fsp3) is 0.333. The Morgan fingerprint density at radius 1 is 1.29 bits per heavy atom. The molecule has 2 rings (SSSR count). The molecule has 0 radical (unpaired) electrons. The second-order valence-corrected chi connectivity index (χ2v) is 4.07. The maximum atomic E-state index is 11.8. The normalized spacial score (nSPS) is 23.3. The van der Waals surface area contributed by atoms with Crippen LogP contribution in [0.4, 0.5) is 0 Å². The van der Waals surface area contributed by atoms with Crippen molar-refractivity contribution in [3.63, 3.8) is 0 Å². The van der Waals surface area contributed by atoms with Gasteiger partial charge in [0.1, 0.15) is 6.04 Å². The predicted octanol–water partition coefficient (Wildman–Crippen LogP) is 0.232. The van der Waals surface area contributed by atoms with Crippen LogP contribution in [0.25, 0.3) is 0 Å². The molecule has 1 heterocycles.